The van der Waals surface area contributed by atoms with Crippen LogP contribution in [0.1, 0.15) is 22.7 Å². The molecule has 0 fully saturated rings. The van der Waals surface area contributed by atoms with Gasteiger partial charge in [0.1, 0.15) is 11.7 Å². The van der Waals surface area contributed by atoms with Crippen molar-refractivity contribution in [3.63, 3.8) is 0 Å². The molecule has 0 bridgehead atoms. The number of carbonyl (C=O) groups is 1. The second-order valence-electron chi connectivity index (χ2n) is 4.45. The van der Waals surface area contributed by atoms with Crippen LogP contribution in [0.3, 0.4) is 0 Å². The maximum absolute atomic E-state index is 13.6. The normalized spacial score (nSPS) is 12.1. The van der Waals surface area contributed by atoms with Crippen LogP contribution in [0, 0.1) is 12.7 Å². The average molecular weight is 259 g/mol. The molecule has 2 aromatic rings. The van der Waals surface area contributed by atoms with Crippen LogP contribution in [0.2, 0.25) is 0 Å². The molecule has 0 saturated carbocycles. The first-order chi connectivity index (χ1) is 9.08. The standard InChI is InChI=1S/C15H14FNO2/c1-10-6-7-14(17-9-10)12(15(18)19)8-11-4-2-3-5-13(11)16/h2-7,9,12H,8H2,1H3,(H,18,19). The molecule has 4 heteroatoms. The summed E-state index contributed by atoms with van der Waals surface area (Å²) in [7, 11) is 0. The van der Waals surface area contributed by atoms with Crippen LogP contribution in [0.5, 0.6) is 0 Å². The van der Waals surface area contributed by atoms with E-state index in [1.165, 1.54) is 6.07 Å². The Morgan fingerprint density at radius 2 is 2.05 bits per heavy atom. The summed E-state index contributed by atoms with van der Waals surface area (Å²) in [5.74, 6) is -2.22. The highest BCUT2D eigenvalue weighted by Crippen LogP contribution is 2.21. The van der Waals surface area contributed by atoms with Crippen LogP contribution in [-0.2, 0) is 11.2 Å². The van der Waals surface area contributed by atoms with Gasteiger partial charge >= 0.3 is 5.97 Å². The summed E-state index contributed by atoms with van der Waals surface area (Å²) in [6, 6.07) is 9.68. The van der Waals surface area contributed by atoms with Crippen molar-refractivity contribution in [1.29, 1.82) is 0 Å². The van der Waals surface area contributed by atoms with E-state index >= 15 is 0 Å². The minimum atomic E-state index is -1.00. The number of carboxylic acid groups (broad SMARTS) is 1. The van der Waals surface area contributed by atoms with E-state index in [-0.39, 0.29) is 12.2 Å². The Labute approximate surface area is 110 Å². The Hall–Kier alpha value is -2.23. The Kier molecular flexibility index (Phi) is 3.90. The molecule has 1 atom stereocenters. The number of aryl methyl sites for hydroxylation is 1. The highest BCUT2D eigenvalue weighted by molar-refractivity contribution is 5.75. The number of aliphatic carboxylic acids is 1. The van der Waals surface area contributed by atoms with Crippen molar-refractivity contribution in [2.75, 3.05) is 0 Å². The van der Waals surface area contributed by atoms with Crippen LogP contribution < -0.4 is 0 Å². The smallest absolute Gasteiger partial charge is 0.312 e. The fourth-order valence-electron chi connectivity index (χ4n) is 1.89. The third-order valence-corrected chi connectivity index (χ3v) is 2.97. The summed E-state index contributed by atoms with van der Waals surface area (Å²) in [5.41, 5.74) is 1.79. The van der Waals surface area contributed by atoms with E-state index in [1.807, 2.05) is 6.92 Å². The molecule has 0 radical (unpaired) electrons. The quantitative estimate of drug-likeness (QED) is 0.918. The number of rotatable bonds is 4. The Bertz CT molecular complexity index is 581. The van der Waals surface area contributed by atoms with Crippen molar-refractivity contribution in [2.45, 2.75) is 19.3 Å². The lowest BCUT2D eigenvalue weighted by Crippen LogP contribution is -2.16. The van der Waals surface area contributed by atoms with E-state index in [2.05, 4.69) is 4.98 Å². The van der Waals surface area contributed by atoms with Crippen LogP contribution >= 0.6 is 0 Å². The third-order valence-electron chi connectivity index (χ3n) is 2.97. The predicted octanol–water partition coefficient (Wildman–Crippen LogP) is 2.94. The van der Waals surface area contributed by atoms with Gasteiger partial charge in [0.2, 0.25) is 0 Å². The van der Waals surface area contributed by atoms with Gasteiger partial charge in [0, 0.05) is 6.20 Å². The Morgan fingerprint density at radius 1 is 1.32 bits per heavy atom. The maximum Gasteiger partial charge on any atom is 0.312 e. The van der Waals surface area contributed by atoms with Gasteiger partial charge in [-0.1, -0.05) is 24.3 Å². The van der Waals surface area contributed by atoms with Gasteiger partial charge in [-0.15, -0.1) is 0 Å². The van der Waals surface area contributed by atoms with E-state index in [0.717, 1.165) is 5.56 Å². The average Bonchev–Trinajstić information content (AvgIpc) is 2.39. The highest BCUT2D eigenvalue weighted by Gasteiger charge is 2.22. The Morgan fingerprint density at radius 3 is 2.63 bits per heavy atom. The lowest BCUT2D eigenvalue weighted by Gasteiger charge is -2.12. The summed E-state index contributed by atoms with van der Waals surface area (Å²) < 4.78 is 13.6. The molecule has 19 heavy (non-hydrogen) atoms. The third kappa shape index (κ3) is 3.16. The zero-order valence-corrected chi connectivity index (χ0v) is 10.5. The molecule has 0 aliphatic carbocycles. The number of benzene rings is 1. The molecule has 0 spiro atoms. The summed E-state index contributed by atoms with van der Waals surface area (Å²) in [4.78, 5) is 15.5. The van der Waals surface area contributed by atoms with Crippen molar-refractivity contribution in [3.05, 3.63) is 65.2 Å². The van der Waals surface area contributed by atoms with Gasteiger partial charge in [0.05, 0.1) is 5.69 Å². The number of pyridine rings is 1. The molecule has 1 aromatic carbocycles. The molecule has 1 N–H and O–H groups in total. The molecule has 2 rings (SSSR count). The summed E-state index contributed by atoms with van der Waals surface area (Å²) in [5, 5.41) is 9.29. The molecule has 0 amide bonds. The predicted molar refractivity (Wildman–Crippen MR) is 69.5 cm³/mol. The van der Waals surface area contributed by atoms with E-state index in [1.54, 1.807) is 36.5 Å². The van der Waals surface area contributed by atoms with E-state index < -0.39 is 11.9 Å². The highest BCUT2D eigenvalue weighted by atomic mass is 19.1. The van der Waals surface area contributed by atoms with Crippen LogP contribution in [0.15, 0.2) is 42.6 Å². The fraction of sp³-hybridized carbons (Fsp3) is 0.200. The second kappa shape index (κ2) is 5.61. The first-order valence-corrected chi connectivity index (χ1v) is 5.96. The zero-order valence-electron chi connectivity index (χ0n) is 10.5. The topological polar surface area (TPSA) is 50.2 Å². The van der Waals surface area contributed by atoms with Crippen molar-refractivity contribution < 1.29 is 14.3 Å². The van der Waals surface area contributed by atoms with E-state index in [9.17, 15) is 14.3 Å². The lowest BCUT2D eigenvalue weighted by atomic mass is 9.95. The molecule has 1 aromatic heterocycles. The van der Waals surface area contributed by atoms with Crippen molar-refractivity contribution in [2.24, 2.45) is 0 Å². The molecular weight excluding hydrogens is 245 g/mol. The van der Waals surface area contributed by atoms with Gasteiger partial charge in [0.25, 0.3) is 0 Å². The van der Waals surface area contributed by atoms with E-state index in [0.29, 0.717) is 11.3 Å². The summed E-state index contributed by atoms with van der Waals surface area (Å²) in [6.45, 7) is 1.88. The van der Waals surface area contributed by atoms with Gasteiger partial charge in [-0.3, -0.25) is 9.78 Å². The van der Waals surface area contributed by atoms with Crippen molar-refractivity contribution in [1.82, 2.24) is 4.98 Å². The number of halogens is 1. The van der Waals surface area contributed by atoms with Gasteiger partial charge in [-0.2, -0.15) is 0 Å². The number of nitrogens with zero attached hydrogens (tertiary/aromatic N) is 1. The molecule has 1 heterocycles. The minimum absolute atomic E-state index is 0.0953. The first-order valence-electron chi connectivity index (χ1n) is 5.96. The first kappa shape index (κ1) is 13.2. The van der Waals surface area contributed by atoms with Gasteiger partial charge in [-0.25, -0.2) is 4.39 Å². The van der Waals surface area contributed by atoms with Crippen LogP contribution in [-0.4, -0.2) is 16.1 Å². The monoisotopic (exact) mass is 259 g/mol. The molecule has 3 nitrogen and oxygen atoms in total. The molecule has 98 valence electrons. The molecule has 1 unspecified atom stereocenters. The molecular formula is C15H14FNO2. The number of aromatic nitrogens is 1. The second-order valence-corrected chi connectivity index (χ2v) is 4.45. The van der Waals surface area contributed by atoms with Crippen LogP contribution in [0.4, 0.5) is 4.39 Å². The van der Waals surface area contributed by atoms with Crippen molar-refractivity contribution in [3.8, 4) is 0 Å². The summed E-state index contributed by atoms with van der Waals surface area (Å²) in [6.07, 6.45) is 1.71. The van der Waals surface area contributed by atoms with Crippen molar-refractivity contribution >= 4 is 5.97 Å². The zero-order chi connectivity index (χ0) is 13.8. The molecule has 0 aliphatic heterocycles. The van der Waals surface area contributed by atoms with Gasteiger partial charge < -0.3 is 5.11 Å². The van der Waals surface area contributed by atoms with Gasteiger partial charge in [0.15, 0.2) is 0 Å². The van der Waals surface area contributed by atoms with Gasteiger partial charge in [-0.05, 0) is 36.6 Å². The largest absolute Gasteiger partial charge is 0.481 e. The lowest BCUT2D eigenvalue weighted by molar-refractivity contribution is -0.138. The Balaban J connectivity index is 2.29. The fourth-order valence-corrected chi connectivity index (χ4v) is 1.89. The minimum Gasteiger partial charge on any atom is -0.481 e. The molecule has 0 saturated heterocycles. The molecule has 0 aliphatic rings. The SMILES string of the molecule is Cc1ccc(C(Cc2ccccc2F)C(=O)O)nc1. The van der Waals surface area contributed by atoms with E-state index in [4.69, 9.17) is 0 Å². The number of carboxylic acids is 1. The maximum atomic E-state index is 13.6. The number of hydrogen-bond donors (Lipinski definition) is 1. The van der Waals surface area contributed by atoms with Crippen LogP contribution in [0.25, 0.3) is 0 Å². The summed E-state index contributed by atoms with van der Waals surface area (Å²) >= 11 is 0. The number of hydrogen-bond acceptors (Lipinski definition) is 2.